The zero-order valence-corrected chi connectivity index (χ0v) is 21.4. The second-order valence-corrected chi connectivity index (χ2v) is 9.50. The largest absolute Gasteiger partial charge is 0.480 e. The summed E-state index contributed by atoms with van der Waals surface area (Å²) in [7, 11) is 0. The molecule has 13 heteroatoms. The number of tetrazole rings is 1. The minimum atomic E-state index is -1.28. The minimum Gasteiger partial charge on any atom is -0.480 e. The molecule has 5 rings (SSSR count). The molecule has 0 unspecified atom stereocenters. The summed E-state index contributed by atoms with van der Waals surface area (Å²) in [5.74, 6) is 0.469. The van der Waals surface area contributed by atoms with Crippen LogP contribution in [0.1, 0.15) is 52.0 Å². The van der Waals surface area contributed by atoms with E-state index < -0.39 is 23.7 Å². The number of hydrogen-bond acceptors (Lipinski definition) is 8. The third-order valence-electron chi connectivity index (χ3n) is 6.95. The number of terminal acetylenes is 1. The maximum absolute atomic E-state index is 15.3. The first kappa shape index (κ1) is 26.5. The number of aromatic nitrogens is 6. The molecule has 1 aliphatic carbocycles. The van der Waals surface area contributed by atoms with Gasteiger partial charge in [-0.15, -0.1) is 16.6 Å². The third-order valence-corrected chi connectivity index (χ3v) is 6.95. The molecule has 0 bridgehead atoms. The van der Waals surface area contributed by atoms with E-state index >= 15 is 4.39 Å². The Morgan fingerprint density at radius 1 is 1.32 bits per heavy atom. The Hall–Kier alpha value is -5.12. The van der Waals surface area contributed by atoms with Crippen LogP contribution in [0.4, 0.5) is 10.1 Å². The van der Waals surface area contributed by atoms with Gasteiger partial charge in [-0.3, -0.25) is 9.59 Å². The van der Waals surface area contributed by atoms with Crippen molar-refractivity contribution >= 4 is 28.5 Å². The summed E-state index contributed by atoms with van der Waals surface area (Å²) in [5, 5.41) is 25.5. The maximum Gasteiger partial charge on any atom is 0.326 e. The van der Waals surface area contributed by atoms with E-state index in [1.54, 1.807) is 13.0 Å². The Kier molecular flexibility index (Phi) is 7.24. The number of hydrogen-bond donors (Lipinski definition) is 4. The Morgan fingerprint density at radius 2 is 2.15 bits per heavy atom. The quantitative estimate of drug-likeness (QED) is 0.230. The lowest BCUT2D eigenvalue weighted by molar-refractivity contribution is -0.139. The number of amides is 1. The minimum absolute atomic E-state index is 0.00997. The van der Waals surface area contributed by atoms with Crippen LogP contribution in [0.15, 0.2) is 35.1 Å². The Morgan fingerprint density at radius 3 is 2.85 bits per heavy atom. The number of halogens is 1. The summed E-state index contributed by atoms with van der Waals surface area (Å²) in [5.41, 5.74) is 2.47. The number of carbonyl (C=O) groups is 2. The molecule has 1 aliphatic rings. The van der Waals surface area contributed by atoms with Crippen molar-refractivity contribution in [3.05, 3.63) is 74.8 Å². The molecule has 2 heterocycles. The number of carboxylic acid groups (broad SMARTS) is 1. The predicted octanol–water partition coefficient (Wildman–Crippen LogP) is 1.83. The molecular weight excluding hydrogens is 519 g/mol. The highest BCUT2D eigenvalue weighted by Gasteiger charge is 2.30. The number of rotatable bonds is 9. The molecule has 2 aromatic carbocycles. The van der Waals surface area contributed by atoms with Gasteiger partial charge in [-0.2, -0.15) is 5.21 Å². The molecule has 2 atom stereocenters. The maximum atomic E-state index is 15.3. The van der Waals surface area contributed by atoms with E-state index in [1.165, 1.54) is 12.1 Å². The number of benzene rings is 2. The van der Waals surface area contributed by atoms with Crippen molar-refractivity contribution in [3.8, 4) is 12.3 Å². The van der Waals surface area contributed by atoms with E-state index in [4.69, 9.17) is 6.42 Å². The highest BCUT2D eigenvalue weighted by atomic mass is 19.1. The standard InChI is InChI=1S/C27H25FN8O4/c1-3-10-36(23-8-4-15-11-22-19(13-18(15)23)26(38)30-14(2)29-22)16-5-6-17(20(28)12-16)25(37)31-21(27(39)40)7-9-24-32-34-35-33-24/h1,5-6,11-13,21,23H,4,7-10H2,2H3,(H,31,37)(H,39,40)(H,29,30,38)(H,32,33,34,35)/t21-,23-/m0/s1. The van der Waals surface area contributed by atoms with Crippen molar-refractivity contribution in [1.82, 2.24) is 35.9 Å². The van der Waals surface area contributed by atoms with Gasteiger partial charge in [-0.1, -0.05) is 11.1 Å². The Labute approximate surface area is 227 Å². The van der Waals surface area contributed by atoms with Gasteiger partial charge in [0.15, 0.2) is 5.82 Å². The van der Waals surface area contributed by atoms with Gasteiger partial charge in [0.25, 0.3) is 11.5 Å². The second-order valence-electron chi connectivity index (χ2n) is 9.50. The summed E-state index contributed by atoms with van der Waals surface area (Å²) < 4.78 is 15.3. The summed E-state index contributed by atoms with van der Waals surface area (Å²) in [6.45, 7) is 1.88. The van der Waals surface area contributed by atoms with Crippen molar-refractivity contribution in [2.45, 2.75) is 44.7 Å². The fourth-order valence-corrected chi connectivity index (χ4v) is 5.06. The second kappa shape index (κ2) is 10.9. The number of carboxylic acids is 1. The van der Waals surface area contributed by atoms with Crippen LogP contribution < -0.4 is 15.8 Å². The van der Waals surface area contributed by atoms with E-state index in [0.717, 1.165) is 17.5 Å². The lowest BCUT2D eigenvalue weighted by Crippen LogP contribution is -2.41. The van der Waals surface area contributed by atoms with Crippen LogP contribution in [0.25, 0.3) is 10.9 Å². The summed E-state index contributed by atoms with van der Waals surface area (Å²) in [4.78, 5) is 46.0. The van der Waals surface area contributed by atoms with Gasteiger partial charge in [0.2, 0.25) is 0 Å². The molecule has 0 saturated carbocycles. The number of anilines is 1. The first-order chi connectivity index (χ1) is 19.2. The van der Waals surface area contributed by atoms with Crippen LogP contribution in [0.2, 0.25) is 0 Å². The topological polar surface area (TPSA) is 170 Å². The lowest BCUT2D eigenvalue weighted by atomic mass is 10.0. The molecule has 4 N–H and O–H groups in total. The molecule has 0 spiro atoms. The summed E-state index contributed by atoms with van der Waals surface area (Å²) in [6.07, 6.45) is 7.22. The molecule has 0 saturated heterocycles. The smallest absolute Gasteiger partial charge is 0.326 e. The van der Waals surface area contributed by atoms with E-state index in [2.05, 4.69) is 41.8 Å². The first-order valence-electron chi connectivity index (χ1n) is 12.5. The zero-order chi connectivity index (χ0) is 28.4. The van der Waals surface area contributed by atoms with Gasteiger partial charge in [0.1, 0.15) is 17.7 Å². The number of aryl methyl sites for hydroxylation is 3. The van der Waals surface area contributed by atoms with Crippen molar-refractivity contribution in [3.63, 3.8) is 0 Å². The average molecular weight is 545 g/mol. The molecule has 0 radical (unpaired) electrons. The SMILES string of the molecule is C#CCN(c1ccc(C(=O)N[C@@H](CCc2nn[nH]n2)C(=O)O)c(F)c1)[C@H]1CCc2cc3nc(C)[nH]c(=O)c3cc21. The predicted molar refractivity (Wildman–Crippen MR) is 142 cm³/mol. The molecule has 12 nitrogen and oxygen atoms in total. The van der Waals surface area contributed by atoms with Crippen LogP contribution in [0.3, 0.4) is 0 Å². The molecular formula is C27H25FN8O4. The van der Waals surface area contributed by atoms with Crippen molar-refractivity contribution in [2.75, 3.05) is 11.4 Å². The summed E-state index contributed by atoms with van der Waals surface area (Å²) >= 11 is 0. The molecule has 0 fully saturated rings. The number of nitrogens with zero attached hydrogens (tertiary/aromatic N) is 5. The van der Waals surface area contributed by atoms with Gasteiger partial charge in [-0.05, 0) is 67.6 Å². The van der Waals surface area contributed by atoms with Crippen molar-refractivity contribution in [1.29, 1.82) is 0 Å². The number of nitrogens with one attached hydrogen (secondary N) is 3. The van der Waals surface area contributed by atoms with Crippen LogP contribution in [0.5, 0.6) is 0 Å². The molecule has 2 aromatic heterocycles. The third kappa shape index (κ3) is 5.24. The fraction of sp³-hybridized carbons (Fsp3) is 0.296. The number of carbonyl (C=O) groups excluding carboxylic acids is 1. The van der Waals surface area contributed by atoms with Crippen LogP contribution in [-0.2, 0) is 17.6 Å². The number of fused-ring (bicyclic) bond motifs is 2. The first-order valence-corrected chi connectivity index (χ1v) is 12.5. The molecule has 0 aliphatic heterocycles. The van der Waals surface area contributed by atoms with Gasteiger partial charge < -0.3 is 20.3 Å². The van der Waals surface area contributed by atoms with E-state index in [0.29, 0.717) is 34.7 Å². The van der Waals surface area contributed by atoms with E-state index in [9.17, 15) is 19.5 Å². The van der Waals surface area contributed by atoms with Crippen LogP contribution in [0, 0.1) is 25.1 Å². The Balaban J connectivity index is 1.38. The van der Waals surface area contributed by atoms with E-state index in [-0.39, 0.29) is 36.6 Å². The van der Waals surface area contributed by atoms with Gasteiger partial charge in [-0.25, -0.2) is 14.2 Å². The average Bonchev–Trinajstić information content (AvgIpc) is 3.58. The van der Waals surface area contributed by atoms with Gasteiger partial charge in [0.05, 0.1) is 29.1 Å². The number of aliphatic carboxylic acids is 1. The summed E-state index contributed by atoms with van der Waals surface area (Å²) in [6, 6.07) is 6.29. The van der Waals surface area contributed by atoms with Gasteiger partial charge >= 0.3 is 5.97 Å². The Bertz CT molecular complexity index is 1700. The highest BCUT2D eigenvalue weighted by Crippen LogP contribution is 2.39. The zero-order valence-electron chi connectivity index (χ0n) is 21.4. The fourth-order valence-electron chi connectivity index (χ4n) is 5.06. The van der Waals surface area contributed by atoms with Crippen molar-refractivity contribution in [2.24, 2.45) is 0 Å². The molecule has 1 amide bonds. The van der Waals surface area contributed by atoms with E-state index in [1.807, 2.05) is 17.0 Å². The molecule has 40 heavy (non-hydrogen) atoms. The number of H-pyrrole nitrogens is 2. The molecule has 4 aromatic rings. The monoisotopic (exact) mass is 544 g/mol. The van der Waals surface area contributed by atoms with Crippen molar-refractivity contribution < 1.29 is 19.1 Å². The number of aromatic amines is 2. The van der Waals surface area contributed by atoms with Crippen LogP contribution >= 0.6 is 0 Å². The van der Waals surface area contributed by atoms with Gasteiger partial charge in [0, 0.05) is 12.1 Å². The van der Waals surface area contributed by atoms with Crippen LogP contribution in [-0.4, -0.2) is 60.2 Å². The molecule has 204 valence electrons. The highest BCUT2D eigenvalue weighted by molar-refractivity contribution is 5.97. The lowest BCUT2D eigenvalue weighted by Gasteiger charge is -2.30. The normalized spacial score (nSPS) is 14.9.